The molecule has 3 nitrogen and oxygen atoms in total. The summed E-state index contributed by atoms with van der Waals surface area (Å²) in [6.07, 6.45) is 0. The molecule has 19 rings (SSSR count). The third kappa shape index (κ3) is 6.49. The highest BCUT2D eigenvalue weighted by molar-refractivity contribution is 7.25. The van der Waals surface area contributed by atoms with E-state index in [1.165, 1.54) is 130 Å². The van der Waals surface area contributed by atoms with Crippen LogP contribution in [0.25, 0.3) is 130 Å². The third-order valence-corrected chi connectivity index (χ3v) is 20.0. The SMILES string of the molecule is c1ccc(-n2c3cc(N(c4ccc(-c5ccc6c(c5)C5(c7ccccc7-c7ccccc75)c5ccccc5-6)cc4)c4ccc5c6ccc7ccccc7c6n(-c6ccc7sc8ccccc8c7c6)c5c4)ccc3c3ccc4ccccc4c32)cc1. The molecule has 17 aromatic rings. The smallest absolute Gasteiger partial charge is 0.0725 e. The molecule has 14 aromatic carbocycles. The van der Waals surface area contributed by atoms with Crippen LogP contribution in [0.3, 0.4) is 0 Å². The standard InChI is InChI=1S/C81H49N3S/c1-2-18-54(19-3-1)83-75-48-57(37-43-65(75)68-41-32-51-16-4-6-20-59(51)79(68)83)82(58-38-44-66-69-42-33-52-17-5-7-21-60(52)80(69)84(76(66)49-58)56-39-45-78-70(47-56)67-25-11-15-29-77(67)85-78)55-35-30-50(31-36-55)53-34-40-64-63-24-10-14-28-73(63)81(74(64)46-53)71-26-12-8-22-61(71)62-23-9-13-27-72(62)81/h1-49H. The van der Waals surface area contributed by atoms with Crippen molar-refractivity contribution in [3.8, 4) is 44.8 Å². The minimum absolute atomic E-state index is 0.421. The predicted octanol–water partition coefficient (Wildman–Crippen LogP) is 22.0. The Morgan fingerprint density at radius 3 is 1.35 bits per heavy atom. The molecule has 85 heavy (non-hydrogen) atoms. The van der Waals surface area contributed by atoms with Crippen molar-refractivity contribution in [2.24, 2.45) is 0 Å². The Kier molecular flexibility index (Phi) is 9.70. The van der Waals surface area contributed by atoms with Gasteiger partial charge in [0.25, 0.3) is 0 Å². The van der Waals surface area contributed by atoms with Crippen LogP contribution in [0.1, 0.15) is 22.3 Å². The highest BCUT2D eigenvalue weighted by atomic mass is 32.1. The van der Waals surface area contributed by atoms with Gasteiger partial charge in [-0.05, 0) is 145 Å². The van der Waals surface area contributed by atoms with Gasteiger partial charge in [0.05, 0.1) is 27.5 Å². The summed E-state index contributed by atoms with van der Waals surface area (Å²) in [5, 5.41) is 12.4. The van der Waals surface area contributed by atoms with Gasteiger partial charge in [-0.15, -0.1) is 11.3 Å². The van der Waals surface area contributed by atoms with Gasteiger partial charge in [-0.1, -0.05) is 218 Å². The second-order valence-electron chi connectivity index (χ2n) is 23.1. The quantitative estimate of drug-likeness (QED) is 0.162. The third-order valence-electron chi connectivity index (χ3n) is 18.9. The summed E-state index contributed by atoms with van der Waals surface area (Å²) in [4.78, 5) is 2.48. The van der Waals surface area contributed by atoms with Gasteiger partial charge >= 0.3 is 0 Å². The summed E-state index contributed by atoms with van der Waals surface area (Å²) in [6, 6.07) is 112. The number of hydrogen-bond acceptors (Lipinski definition) is 2. The fourth-order valence-corrected chi connectivity index (χ4v) is 16.4. The molecule has 0 fully saturated rings. The average molecular weight is 1100 g/mol. The van der Waals surface area contributed by atoms with Crippen LogP contribution in [0.4, 0.5) is 17.1 Å². The molecule has 3 heterocycles. The number of fused-ring (bicyclic) bond motifs is 23. The Morgan fingerprint density at radius 2 is 0.741 bits per heavy atom. The topological polar surface area (TPSA) is 13.1 Å². The molecule has 0 atom stereocenters. The maximum Gasteiger partial charge on any atom is 0.0725 e. The summed E-state index contributed by atoms with van der Waals surface area (Å²) in [7, 11) is 0. The summed E-state index contributed by atoms with van der Waals surface area (Å²) in [6.45, 7) is 0. The van der Waals surface area contributed by atoms with E-state index in [2.05, 4.69) is 311 Å². The maximum absolute atomic E-state index is 2.53. The first kappa shape index (κ1) is 46.8. The number of benzene rings is 14. The molecule has 0 aliphatic heterocycles. The lowest BCUT2D eigenvalue weighted by atomic mass is 9.70. The Balaban J connectivity index is 0.838. The number of hydrogen-bond donors (Lipinski definition) is 0. The van der Waals surface area contributed by atoms with Crippen molar-refractivity contribution in [3.05, 3.63) is 320 Å². The predicted molar refractivity (Wildman–Crippen MR) is 359 cm³/mol. The second kappa shape index (κ2) is 17.6. The normalized spacial score (nSPS) is 13.0. The maximum atomic E-state index is 2.53. The Bertz CT molecular complexity index is 5620. The molecular weight excluding hydrogens is 1050 g/mol. The summed E-state index contributed by atoms with van der Waals surface area (Å²) in [5.74, 6) is 0. The molecule has 0 saturated heterocycles. The van der Waals surface area contributed by atoms with Gasteiger partial charge in [0.2, 0.25) is 0 Å². The first-order chi connectivity index (χ1) is 42.2. The van der Waals surface area contributed by atoms with Crippen LogP contribution in [0.2, 0.25) is 0 Å². The number of rotatable bonds is 6. The molecule has 0 radical (unpaired) electrons. The van der Waals surface area contributed by atoms with Crippen molar-refractivity contribution < 1.29 is 0 Å². The van der Waals surface area contributed by atoms with E-state index in [0.29, 0.717) is 0 Å². The van der Waals surface area contributed by atoms with Crippen molar-refractivity contribution in [2.45, 2.75) is 5.41 Å². The lowest BCUT2D eigenvalue weighted by Crippen LogP contribution is -2.25. The van der Waals surface area contributed by atoms with E-state index in [1.54, 1.807) is 0 Å². The van der Waals surface area contributed by atoms with E-state index < -0.39 is 5.41 Å². The van der Waals surface area contributed by atoms with Crippen molar-refractivity contribution in [1.82, 2.24) is 9.13 Å². The molecule has 2 aliphatic rings. The number of para-hydroxylation sites is 1. The number of thiophene rings is 1. The van der Waals surface area contributed by atoms with Crippen LogP contribution >= 0.6 is 11.3 Å². The fraction of sp³-hybridized carbons (Fsp3) is 0.0123. The van der Waals surface area contributed by atoms with E-state index in [4.69, 9.17) is 0 Å². The van der Waals surface area contributed by atoms with Gasteiger partial charge in [0.1, 0.15) is 0 Å². The van der Waals surface area contributed by atoms with E-state index in [9.17, 15) is 0 Å². The fourth-order valence-electron chi connectivity index (χ4n) is 15.3. The van der Waals surface area contributed by atoms with Crippen molar-refractivity contribution in [2.75, 3.05) is 4.90 Å². The molecular formula is C81H49N3S. The van der Waals surface area contributed by atoms with E-state index in [0.717, 1.165) is 39.5 Å². The second-order valence-corrected chi connectivity index (χ2v) is 24.2. The van der Waals surface area contributed by atoms with Crippen LogP contribution in [0.15, 0.2) is 297 Å². The van der Waals surface area contributed by atoms with Crippen molar-refractivity contribution in [1.29, 1.82) is 0 Å². The molecule has 1 spiro atoms. The van der Waals surface area contributed by atoms with Gasteiger partial charge in [-0.2, -0.15) is 0 Å². The minimum Gasteiger partial charge on any atom is -0.310 e. The Labute approximate surface area is 494 Å². The molecule has 0 unspecified atom stereocenters. The van der Waals surface area contributed by atoms with Gasteiger partial charge in [0.15, 0.2) is 0 Å². The summed E-state index contributed by atoms with van der Waals surface area (Å²) < 4.78 is 7.61. The number of nitrogens with zero attached hydrogens (tertiary/aromatic N) is 3. The molecule has 0 saturated carbocycles. The largest absolute Gasteiger partial charge is 0.310 e. The molecule has 0 N–H and O–H groups in total. The molecule has 394 valence electrons. The van der Waals surface area contributed by atoms with Gasteiger partial charge in [0, 0.05) is 80.9 Å². The van der Waals surface area contributed by atoms with Crippen LogP contribution in [-0.4, -0.2) is 9.13 Å². The first-order valence-electron chi connectivity index (χ1n) is 29.4. The molecule has 0 amide bonds. The van der Waals surface area contributed by atoms with Crippen molar-refractivity contribution in [3.63, 3.8) is 0 Å². The minimum atomic E-state index is -0.421. The van der Waals surface area contributed by atoms with Crippen LogP contribution in [0, 0.1) is 0 Å². The Morgan fingerprint density at radius 1 is 0.271 bits per heavy atom. The lowest BCUT2D eigenvalue weighted by Gasteiger charge is -2.30. The van der Waals surface area contributed by atoms with Crippen LogP contribution < -0.4 is 4.90 Å². The zero-order valence-electron chi connectivity index (χ0n) is 46.0. The van der Waals surface area contributed by atoms with Gasteiger partial charge in [-0.25, -0.2) is 0 Å². The van der Waals surface area contributed by atoms with Crippen molar-refractivity contribution >= 4 is 114 Å². The molecule has 2 aliphatic carbocycles. The average Bonchev–Trinajstić information content (AvgIpc) is 1.68. The monoisotopic (exact) mass is 1100 g/mol. The number of anilines is 3. The van der Waals surface area contributed by atoms with Crippen LogP contribution in [-0.2, 0) is 5.41 Å². The van der Waals surface area contributed by atoms with E-state index >= 15 is 0 Å². The van der Waals surface area contributed by atoms with E-state index in [-0.39, 0.29) is 0 Å². The first-order valence-corrected chi connectivity index (χ1v) is 30.2. The number of aromatic nitrogens is 2. The zero-order chi connectivity index (χ0) is 55.5. The lowest BCUT2D eigenvalue weighted by molar-refractivity contribution is 0.794. The highest BCUT2D eigenvalue weighted by Gasteiger charge is 2.51. The summed E-state index contributed by atoms with van der Waals surface area (Å²) >= 11 is 1.86. The summed E-state index contributed by atoms with van der Waals surface area (Å²) in [5.41, 5.74) is 22.8. The molecule has 0 bridgehead atoms. The van der Waals surface area contributed by atoms with Gasteiger partial charge < -0.3 is 14.0 Å². The molecule has 4 heteroatoms. The van der Waals surface area contributed by atoms with Crippen LogP contribution in [0.5, 0.6) is 0 Å². The molecule has 3 aromatic heterocycles. The van der Waals surface area contributed by atoms with E-state index in [1.807, 2.05) is 11.3 Å². The Hall–Kier alpha value is -10.8. The highest BCUT2D eigenvalue weighted by Crippen LogP contribution is 2.63. The zero-order valence-corrected chi connectivity index (χ0v) is 46.9. The van der Waals surface area contributed by atoms with Gasteiger partial charge in [-0.3, -0.25) is 0 Å².